The van der Waals surface area contributed by atoms with Gasteiger partial charge in [0, 0.05) is 24.2 Å². The molecule has 0 amide bonds. The number of thiazole rings is 1. The van der Waals surface area contributed by atoms with Gasteiger partial charge >= 0.3 is 6.18 Å². The number of rotatable bonds is 5. The molecule has 0 aliphatic carbocycles. The SMILES string of the molecule is Cc1cnc(Nc2nc(C=Cc3cccc(C(F)(F)F)c3)nc(N3CCCC3)n2)s1. The van der Waals surface area contributed by atoms with E-state index in [1.807, 2.05) is 6.92 Å². The summed E-state index contributed by atoms with van der Waals surface area (Å²) >= 11 is 1.48. The molecule has 10 heteroatoms. The topological polar surface area (TPSA) is 66.8 Å². The van der Waals surface area contributed by atoms with Gasteiger partial charge in [0.05, 0.1) is 5.56 Å². The number of benzene rings is 1. The molecule has 1 N–H and O–H groups in total. The molecule has 0 saturated carbocycles. The zero-order valence-corrected chi connectivity index (χ0v) is 17.0. The first-order valence-electron chi connectivity index (χ1n) is 9.43. The minimum absolute atomic E-state index is 0.352. The summed E-state index contributed by atoms with van der Waals surface area (Å²) in [5, 5.41) is 3.76. The third-order valence-electron chi connectivity index (χ3n) is 4.51. The molecule has 1 fully saturated rings. The van der Waals surface area contributed by atoms with E-state index in [4.69, 9.17) is 0 Å². The van der Waals surface area contributed by atoms with Gasteiger partial charge in [-0.3, -0.25) is 5.32 Å². The molecule has 1 saturated heterocycles. The van der Waals surface area contributed by atoms with Crippen molar-refractivity contribution in [1.82, 2.24) is 19.9 Å². The van der Waals surface area contributed by atoms with Gasteiger partial charge in [-0.05, 0) is 43.5 Å². The number of nitrogens with one attached hydrogen (secondary N) is 1. The van der Waals surface area contributed by atoms with Crippen LogP contribution in [0.2, 0.25) is 0 Å². The van der Waals surface area contributed by atoms with Gasteiger partial charge in [-0.1, -0.05) is 18.2 Å². The van der Waals surface area contributed by atoms with E-state index in [0.29, 0.717) is 28.4 Å². The summed E-state index contributed by atoms with van der Waals surface area (Å²) < 4.78 is 38.8. The van der Waals surface area contributed by atoms with Crippen molar-refractivity contribution in [3.05, 3.63) is 52.3 Å². The number of aromatic nitrogens is 4. The maximum absolute atomic E-state index is 12.9. The van der Waals surface area contributed by atoms with Crippen molar-refractivity contribution in [3.63, 3.8) is 0 Å². The van der Waals surface area contributed by atoms with E-state index in [1.54, 1.807) is 24.4 Å². The van der Waals surface area contributed by atoms with Gasteiger partial charge in [0.1, 0.15) is 0 Å². The highest BCUT2D eigenvalue weighted by atomic mass is 32.1. The molecule has 156 valence electrons. The number of aryl methyl sites for hydroxylation is 1. The van der Waals surface area contributed by atoms with Crippen molar-refractivity contribution in [3.8, 4) is 0 Å². The van der Waals surface area contributed by atoms with Gasteiger partial charge in [0.15, 0.2) is 11.0 Å². The van der Waals surface area contributed by atoms with Crippen LogP contribution in [-0.4, -0.2) is 33.0 Å². The predicted octanol–water partition coefficient (Wildman–Crippen LogP) is 5.17. The van der Waals surface area contributed by atoms with Crippen LogP contribution >= 0.6 is 11.3 Å². The number of anilines is 3. The summed E-state index contributed by atoms with van der Waals surface area (Å²) in [7, 11) is 0. The fraction of sp³-hybridized carbons (Fsp3) is 0.300. The molecule has 6 nitrogen and oxygen atoms in total. The van der Waals surface area contributed by atoms with Crippen LogP contribution in [-0.2, 0) is 6.18 Å². The number of alkyl halides is 3. The fourth-order valence-electron chi connectivity index (χ4n) is 3.07. The molecule has 2 aromatic heterocycles. The lowest BCUT2D eigenvalue weighted by Gasteiger charge is -2.16. The first-order valence-corrected chi connectivity index (χ1v) is 10.2. The van der Waals surface area contributed by atoms with Gasteiger partial charge in [0.2, 0.25) is 11.9 Å². The van der Waals surface area contributed by atoms with E-state index in [0.717, 1.165) is 42.9 Å². The normalized spacial score (nSPS) is 14.6. The highest BCUT2D eigenvalue weighted by Crippen LogP contribution is 2.30. The van der Waals surface area contributed by atoms with E-state index < -0.39 is 11.7 Å². The molecule has 4 rings (SSSR count). The summed E-state index contributed by atoms with van der Waals surface area (Å²) in [6.07, 6.45) is 2.66. The van der Waals surface area contributed by atoms with E-state index >= 15 is 0 Å². The molecule has 0 spiro atoms. The molecule has 0 bridgehead atoms. The van der Waals surface area contributed by atoms with Crippen LogP contribution < -0.4 is 10.2 Å². The van der Waals surface area contributed by atoms with Crippen molar-refractivity contribution in [1.29, 1.82) is 0 Å². The lowest BCUT2D eigenvalue weighted by atomic mass is 10.1. The first kappa shape index (κ1) is 20.3. The van der Waals surface area contributed by atoms with Gasteiger partial charge in [0.25, 0.3) is 0 Å². The number of hydrogen-bond acceptors (Lipinski definition) is 7. The summed E-state index contributed by atoms with van der Waals surface area (Å²) in [6, 6.07) is 5.12. The van der Waals surface area contributed by atoms with Gasteiger partial charge in [-0.25, -0.2) is 4.98 Å². The third kappa shape index (κ3) is 4.93. The van der Waals surface area contributed by atoms with Crippen molar-refractivity contribution in [2.75, 3.05) is 23.3 Å². The molecule has 1 aliphatic heterocycles. The van der Waals surface area contributed by atoms with Crippen LogP contribution in [0.15, 0.2) is 30.5 Å². The highest BCUT2D eigenvalue weighted by Gasteiger charge is 2.30. The molecule has 3 heterocycles. The molecule has 3 aromatic rings. The summed E-state index contributed by atoms with van der Waals surface area (Å²) in [4.78, 5) is 20.8. The Hall–Kier alpha value is -3.01. The Kier molecular flexibility index (Phi) is 5.67. The number of halogens is 3. The molecule has 1 aliphatic rings. The Morgan fingerprint density at radius 1 is 1.10 bits per heavy atom. The predicted molar refractivity (Wildman–Crippen MR) is 112 cm³/mol. The van der Waals surface area contributed by atoms with E-state index in [-0.39, 0.29) is 0 Å². The lowest BCUT2D eigenvalue weighted by Crippen LogP contribution is -2.21. The number of nitrogens with zero attached hydrogens (tertiary/aromatic N) is 5. The number of hydrogen-bond donors (Lipinski definition) is 1. The second-order valence-electron chi connectivity index (χ2n) is 6.87. The Bertz CT molecular complexity index is 1060. The Balaban J connectivity index is 1.63. The maximum atomic E-state index is 12.9. The van der Waals surface area contributed by atoms with Crippen molar-refractivity contribution < 1.29 is 13.2 Å². The largest absolute Gasteiger partial charge is 0.416 e. The second kappa shape index (κ2) is 8.39. The van der Waals surface area contributed by atoms with Crippen LogP contribution in [0.25, 0.3) is 12.2 Å². The maximum Gasteiger partial charge on any atom is 0.416 e. The standard InChI is InChI=1S/C20H19F3N6S/c1-13-12-24-19(30-13)28-17-25-16(26-18(27-17)29-9-2-3-10-29)8-7-14-5-4-6-15(11-14)20(21,22)23/h4-8,11-12H,2-3,9-10H2,1H3,(H,24,25,26,27,28). The summed E-state index contributed by atoms with van der Waals surface area (Å²) in [6.45, 7) is 3.67. The van der Waals surface area contributed by atoms with E-state index in [9.17, 15) is 13.2 Å². The van der Waals surface area contributed by atoms with Crippen LogP contribution in [0.3, 0.4) is 0 Å². The van der Waals surface area contributed by atoms with Gasteiger partial charge in [-0.15, -0.1) is 11.3 Å². The first-order chi connectivity index (χ1) is 14.4. The Morgan fingerprint density at radius 3 is 2.60 bits per heavy atom. The van der Waals surface area contributed by atoms with Crippen LogP contribution in [0.5, 0.6) is 0 Å². The van der Waals surface area contributed by atoms with Crippen LogP contribution in [0.1, 0.15) is 34.7 Å². The van der Waals surface area contributed by atoms with Gasteiger partial charge < -0.3 is 4.90 Å². The summed E-state index contributed by atoms with van der Waals surface area (Å²) in [5.41, 5.74) is -0.280. The minimum atomic E-state index is -4.39. The van der Waals surface area contributed by atoms with E-state index in [2.05, 4.69) is 30.2 Å². The average molecular weight is 432 g/mol. The molecule has 30 heavy (non-hydrogen) atoms. The van der Waals surface area contributed by atoms with E-state index in [1.165, 1.54) is 17.4 Å². The lowest BCUT2D eigenvalue weighted by molar-refractivity contribution is -0.137. The summed E-state index contributed by atoms with van der Waals surface area (Å²) in [5.74, 6) is 1.26. The zero-order chi connectivity index (χ0) is 21.1. The molecular formula is C20H19F3N6S. The monoisotopic (exact) mass is 432 g/mol. The molecule has 0 atom stereocenters. The molecule has 1 aromatic carbocycles. The van der Waals surface area contributed by atoms with Crippen LogP contribution in [0.4, 0.5) is 30.2 Å². The van der Waals surface area contributed by atoms with Crippen molar-refractivity contribution in [2.45, 2.75) is 25.9 Å². The second-order valence-corrected chi connectivity index (χ2v) is 8.10. The quantitative estimate of drug-likeness (QED) is 0.600. The van der Waals surface area contributed by atoms with Crippen molar-refractivity contribution in [2.24, 2.45) is 0 Å². The molecular weight excluding hydrogens is 413 g/mol. The minimum Gasteiger partial charge on any atom is -0.341 e. The highest BCUT2D eigenvalue weighted by molar-refractivity contribution is 7.15. The molecule has 0 unspecified atom stereocenters. The Labute approximate surface area is 175 Å². The van der Waals surface area contributed by atoms with Crippen LogP contribution in [0, 0.1) is 6.92 Å². The zero-order valence-electron chi connectivity index (χ0n) is 16.1. The fourth-order valence-corrected chi connectivity index (χ4v) is 3.73. The van der Waals surface area contributed by atoms with Crippen molar-refractivity contribution >= 4 is 40.5 Å². The third-order valence-corrected chi connectivity index (χ3v) is 5.34. The van der Waals surface area contributed by atoms with Gasteiger partial charge in [-0.2, -0.15) is 28.1 Å². The average Bonchev–Trinajstić information content (AvgIpc) is 3.38. The molecule has 0 radical (unpaired) electrons. The smallest absolute Gasteiger partial charge is 0.341 e. The Morgan fingerprint density at radius 2 is 1.90 bits per heavy atom.